The summed E-state index contributed by atoms with van der Waals surface area (Å²) in [5, 5.41) is 12.2. The van der Waals surface area contributed by atoms with Crippen molar-refractivity contribution in [3.63, 3.8) is 0 Å². The molecule has 0 bridgehead atoms. The zero-order chi connectivity index (χ0) is 27.6. The summed E-state index contributed by atoms with van der Waals surface area (Å²) in [6.07, 6.45) is 11.4. The number of benzene rings is 1. The molecule has 5 heterocycles. The quantitative estimate of drug-likeness (QED) is 0.198. The number of piperidine rings is 1. The number of nitrogens with zero attached hydrogens (tertiary/aromatic N) is 4. The van der Waals surface area contributed by atoms with Crippen LogP contribution in [0.3, 0.4) is 0 Å². The van der Waals surface area contributed by atoms with Crippen molar-refractivity contribution in [2.75, 3.05) is 18.4 Å². The lowest BCUT2D eigenvalue weighted by Crippen LogP contribution is -2.29. The summed E-state index contributed by atoms with van der Waals surface area (Å²) >= 11 is 1.48. The van der Waals surface area contributed by atoms with E-state index in [4.69, 9.17) is 0 Å². The number of hydrogen-bond acceptors (Lipinski definition) is 7. The summed E-state index contributed by atoms with van der Waals surface area (Å²) in [5.74, 6) is 0.0683. The van der Waals surface area contributed by atoms with Gasteiger partial charge in [-0.25, -0.2) is 0 Å². The number of Topliss-reactive ketones (excluding diaryl/α,β-unsaturated/α-hetero) is 1. The molecule has 7 nitrogen and oxygen atoms in total. The number of rotatable bonds is 8. The van der Waals surface area contributed by atoms with Crippen LogP contribution in [0.4, 0.5) is 5.69 Å². The SMILES string of the molecule is C=C(Nc1cncc(-c2ccc(C(C)=O)s2)c1C)c1n[nH]c2ccc(-c3cncc(CN4CCCCC4)c3)cc12. The van der Waals surface area contributed by atoms with E-state index in [1.807, 2.05) is 37.6 Å². The van der Waals surface area contributed by atoms with E-state index in [1.54, 1.807) is 13.1 Å². The van der Waals surface area contributed by atoms with Crippen molar-refractivity contribution in [2.45, 2.75) is 39.7 Å². The van der Waals surface area contributed by atoms with Gasteiger partial charge in [0.2, 0.25) is 0 Å². The Morgan fingerprint density at radius 1 is 1.02 bits per heavy atom. The Kier molecular flexibility index (Phi) is 7.28. The van der Waals surface area contributed by atoms with Crippen molar-refractivity contribution in [1.82, 2.24) is 25.1 Å². The Labute approximate surface area is 238 Å². The molecule has 4 aromatic heterocycles. The monoisotopic (exact) mass is 548 g/mol. The topological polar surface area (TPSA) is 86.8 Å². The first-order valence-electron chi connectivity index (χ1n) is 13.6. The summed E-state index contributed by atoms with van der Waals surface area (Å²) in [4.78, 5) is 25.1. The fourth-order valence-electron chi connectivity index (χ4n) is 5.32. The third kappa shape index (κ3) is 5.33. The van der Waals surface area contributed by atoms with Crippen LogP contribution in [-0.4, -0.2) is 43.9 Å². The molecule has 1 aromatic carbocycles. The van der Waals surface area contributed by atoms with E-state index in [2.05, 4.69) is 61.2 Å². The highest BCUT2D eigenvalue weighted by Crippen LogP contribution is 2.35. The van der Waals surface area contributed by atoms with Gasteiger partial charge in [-0.1, -0.05) is 19.1 Å². The summed E-state index contributed by atoms with van der Waals surface area (Å²) in [5.41, 5.74) is 8.67. The molecule has 1 fully saturated rings. The van der Waals surface area contributed by atoms with Crippen molar-refractivity contribution < 1.29 is 4.79 Å². The molecular weight excluding hydrogens is 516 g/mol. The number of hydrogen-bond donors (Lipinski definition) is 2. The lowest BCUT2D eigenvalue weighted by Gasteiger charge is -2.26. The van der Waals surface area contributed by atoms with Gasteiger partial charge < -0.3 is 5.32 Å². The molecule has 0 aliphatic carbocycles. The Morgan fingerprint density at radius 3 is 2.65 bits per heavy atom. The van der Waals surface area contributed by atoms with E-state index in [0.29, 0.717) is 5.70 Å². The Balaban J connectivity index is 1.25. The molecule has 0 spiro atoms. The van der Waals surface area contributed by atoms with Crippen LogP contribution in [0, 0.1) is 6.92 Å². The summed E-state index contributed by atoms with van der Waals surface area (Å²) in [6.45, 7) is 11.2. The van der Waals surface area contributed by atoms with Gasteiger partial charge in [-0.05, 0) is 86.8 Å². The second-order valence-electron chi connectivity index (χ2n) is 10.4. The minimum absolute atomic E-state index is 0.0683. The number of aromatic amines is 1. The fourth-order valence-corrected chi connectivity index (χ4v) is 6.29. The standard InChI is InChI=1S/C32H32N6OS/c1-20-27(31-10-9-30(40-31)22(3)39)17-34-18-29(20)35-21(2)32-26-14-24(7-8-28(26)36-37-32)25-13-23(15-33-16-25)19-38-11-5-4-6-12-38/h7-10,13-18,35H,2,4-6,11-12,19H2,1,3H3,(H,36,37). The Bertz CT molecular complexity index is 1710. The van der Waals surface area contributed by atoms with Gasteiger partial charge in [0.1, 0.15) is 5.69 Å². The minimum atomic E-state index is 0.0683. The van der Waals surface area contributed by atoms with Gasteiger partial charge in [-0.3, -0.25) is 24.8 Å². The molecule has 0 saturated carbocycles. The van der Waals surface area contributed by atoms with Crippen LogP contribution >= 0.6 is 11.3 Å². The van der Waals surface area contributed by atoms with Crippen molar-refractivity contribution in [3.8, 4) is 21.6 Å². The molecular formula is C32H32N6OS. The molecule has 0 unspecified atom stereocenters. The number of H-pyrrole nitrogens is 1. The van der Waals surface area contributed by atoms with Crippen LogP contribution in [-0.2, 0) is 6.54 Å². The lowest BCUT2D eigenvalue weighted by atomic mass is 10.0. The highest BCUT2D eigenvalue weighted by Gasteiger charge is 2.16. The zero-order valence-electron chi connectivity index (χ0n) is 22.8. The summed E-state index contributed by atoms with van der Waals surface area (Å²) in [7, 11) is 0. The van der Waals surface area contributed by atoms with Gasteiger partial charge in [0.05, 0.1) is 28.0 Å². The largest absolute Gasteiger partial charge is 0.353 e. The number of ketones is 1. The first-order chi connectivity index (χ1) is 19.5. The number of likely N-dealkylation sites (tertiary alicyclic amines) is 1. The van der Waals surface area contributed by atoms with Crippen LogP contribution < -0.4 is 5.32 Å². The van der Waals surface area contributed by atoms with Crippen molar-refractivity contribution in [3.05, 3.63) is 89.5 Å². The molecule has 1 aliphatic heterocycles. The molecule has 5 aromatic rings. The first kappa shape index (κ1) is 26.1. The molecule has 0 amide bonds. The molecule has 202 valence electrons. The average molecular weight is 549 g/mol. The van der Waals surface area contributed by atoms with Crippen molar-refractivity contribution in [1.29, 1.82) is 0 Å². The molecule has 6 rings (SSSR count). The second-order valence-corrected chi connectivity index (χ2v) is 11.5. The third-order valence-electron chi connectivity index (χ3n) is 7.55. The number of carbonyl (C=O) groups excluding carboxylic acids is 1. The van der Waals surface area contributed by atoms with E-state index in [9.17, 15) is 4.79 Å². The minimum Gasteiger partial charge on any atom is -0.353 e. The predicted molar refractivity (Wildman–Crippen MR) is 163 cm³/mol. The zero-order valence-corrected chi connectivity index (χ0v) is 23.6. The maximum absolute atomic E-state index is 11.8. The predicted octanol–water partition coefficient (Wildman–Crippen LogP) is 7.33. The average Bonchev–Trinajstić information content (AvgIpc) is 3.63. The maximum atomic E-state index is 11.8. The number of thiophene rings is 1. The molecule has 8 heteroatoms. The highest BCUT2D eigenvalue weighted by atomic mass is 32.1. The normalized spacial score (nSPS) is 13.9. The number of aromatic nitrogens is 4. The first-order valence-corrected chi connectivity index (χ1v) is 14.4. The van der Waals surface area contributed by atoms with E-state index >= 15 is 0 Å². The maximum Gasteiger partial charge on any atom is 0.169 e. The van der Waals surface area contributed by atoms with Crippen LogP contribution in [0.2, 0.25) is 0 Å². The van der Waals surface area contributed by atoms with Crippen molar-refractivity contribution >= 4 is 39.4 Å². The molecule has 1 saturated heterocycles. The van der Waals surface area contributed by atoms with E-state index in [-0.39, 0.29) is 5.78 Å². The molecule has 40 heavy (non-hydrogen) atoms. The molecule has 1 aliphatic rings. The number of anilines is 1. The van der Waals surface area contributed by atoms with Gasteiger partial charge >= 0.3 is 0 Å². The lowest BCUT2D eigenvalue weighted by molar-refractivity contribution is 0.102. The van der Waals surface area contributed by atoms with Gasteiger partial charge in [-0.15, -0.1) is 11.3 Å². The third-order valence-corrected chi connectivity index (χ3v) is 8.77. The number of nitrogens with one attached hydrogen (secondary N) is 2. The summed E-state index contributed by atoms with van der Waals surface area (Å²) in [6, 6.07) is 12.4. The van der Waals surface area contributed by atoms with E-state index in [0.717, 1.165) is 73.9 Å². The molecule has 0 atom stereocenters. The smallest absolute Gasteiger partial charge is 0.169 e. The van der Waals surface area contributed by atoms with Crippen LogP contribution in [0.5, 0.6) is 0 Å². The van der Waals surface area contributed by atoms with Crippen LogP contribution in [0.25, 0.3) is 38.2 Å². The highest BCUT2D eigenvalue weighted by molar-refractivity contribution is 7.17. The molecule has 2 N–H and O–H groups in total. The van der Waals surface area contributed by atoms with Gasteiger partial charge in [0, 0.05) is 46.5 Å². The van der Waals surface area contributed by atoms with Gasteiger partial charge in [-0.2, -0.15) is 5.10 Å². The number of carbonyl (C=O) groups is 1. The number of pyridine rings is 2. The van der Waals surface area contributed by atoms with Crippen LogP contribution in [0.15, 0.2) is 67.8 Å². The van der Waals surface area contributed by atoms with Crippen molar-refractivity contribution in [2.24, 2.45) is 0 Å². The van der Waals surface area contributed by atoms with E-state index < -0.39 is 0 Å². The molecule has 0 radical (unpaired) electrons. The number of fused-ring (bicyclic) bond motifs is 1. The van der Waals surface area contributed by atoms with Crippen LogP contribution in [0.1, 0.15) is 52.7 Å². The fraction of sp³-hybridized carbons (Fsp3) is 0.250. The van der Waals surface area contributed by atoms with Gasteiger partial charge in [0.25, 0.3) is 0 Å². The second kappa shape index (κ2) is 11.2. The Morgan fingerprint density at radius 2 is 1.85 bits per heavy atom. The summed E-state index contributed by atoms with van der Waals surface area (Å²) < 4.78 is 0. The Hall–Kier alpha value is -4.14. The van der Waals surface area contributed by atoms with Gasteiger partial charge in [0.15, 0.2) is 5.78 Å². The van der Waals surface area contributed by atoms with E-state index in [1.165, 1.54) is 36.2 Å².